The van der Waals surface area contributed by atoms with Gasteiger partial charge in [-0.2, -0.15) is 0 Å². The van der Waals surface area contributed by atoms with Crippen LogP contribution in [-0.2, 0) is 0 Å². The minimum Gasteiger partial charge on any atom is -0.323 e. The van der Waals surface area contributed by atoms with Gasteiger partial charge in [-0.15, -0.1) is 0 Å². The molecule has 2 rings (SSSR count). The van der Waals surface area contributed by atoms with Crippen LogP contribution in [0.25, 0.3) is 0 Å². The van der Waals surface area contributed by atoms with Crippen LogP contribution in [0.5, 0.6) is 0 Å². The van der Waals surface area contributed by atoms with Crippen molar-refractivity contribution in [2.75, 3.05) is 0 Å². The van der Waals surface area contributed by atoms with E-state index in [9.17, 15) is 0 Å². The molecule has 0 aliphatic carbocycles. The molecule has 0 amide bonds. The van der Waals surface area contributed by atoms with Gasteiger partial charge in [0.15, 0.2) is 10.3 Å². The summed E-state index contributed by atoms with van der Waals surface area (Å²) in [6.45, 7) is 12.8. The Kier molecular flexibility index (Phi) is 4.86. The molecule has 0 bridgehead atoms. The van der Waals surface area contributed by atoms with Gasteiger partial charge in [-0.3, -0.25) is 0 Å². The molecule has 0 aliphatic rings. The van der Waals surface area contributed by atoms with Gasteiger partial charge in [0, 0.05) is 24.5 Å². The lowest BCUT2D eigenvalue weighted by molar-refractivity contribution is 0.548. The summed E-state index contributed by atoms with van der Waals surface area (Å²) in [7, 11) is 3.36. The van der Waals surface area contributed by atoms with E-state index in [1.807, 2.05) is 13.8 Å². The third-order valence-corrected chi connectivity index (χ3v) is 5.07. The van der Waals surface area contributed by atoms with Gasteiger partial charge in [-0.25, -0.2) is 9.97 Å². The largest absolute Gasteiger partial charge is 0.323 e. The zero-order valence-electron chi connectivity index (χ0n) is 12.9. The van der Waals surface area contributed by atoms with Crippen molar-refractivity contribution in [1.82, 2.24) is 19.1 Å². The van der Waals surface area contributed by atoms with Crippen LogP contribution < -0.4 is 0 Å². The number of hydrogen-bond donors (Lipinski definition) is 0. The summed E-state index contributed by atoms with van der Waals surface area (Å²) < 4.78 is 4.42. The molecular formula is C14H22N4S2. The molecule has 0 aliphatic heterocycles. The highest BCUT2D eigenvalue weighted by Gasteiger charge is 2.14. The second kappa shape index (κ2) is 6.26. The molecule has 2 aromatic rings. The average molecular weight is 310 g/mol. The van der Waals surface area contributed by atoms with Gasteiger partial charge in [0.05, 0.1) is 11.4 Å². The van der Waals surface area contributed by atoms with Crippen molar-refractivity contribution in [3.05, 3.63) is 23.8 Å². The van der Waals surface area contributed by atoms with Crippen LogP contribution in [-0.4, -0.2) is 19.1 Å². The molecule has 0 radical (unpaired) electrons. The van der Waals surface area contributed by atoms with Crippen molar-refractivity contribution in [3.63, 3.8) is 0 Å². The molecule has 0 aromatic carbocycles. The molecule has 20 heavy (non-hydrogen) atoms. The molecule has 2 aromatic heterocycles. The molecular weight excluding hydrogens is 288 g/mol. The first kappa shape index (κ1) is 15.5. The molecule has 2 heterocycles. The van der Waals surface area contributed by atoms with E-state index in [1.165, 1.54) is 0 Å². The lowest BCUT2D eigenvalue weighted by atomic mass is 10.4. The highest BCUT2D eigenvalue weighted by atomic mass is 33.1. The SMILES string of the molecule is Cc1cn(C(C)C)c(SSc2nc(C)cn2C(C)C)n1. The summed E-state index contributed by atoms with van der Waals surface area (Å²) in [5, 5.41) is 2.08. The molecule has 110 valence electrons. The number of hydrogen-bond acceptors (Lipinski definition) is 4. The van der Waals surface area contributed by atoms with Gasteiger partial charge in [0.25, 0.3) is 0 Å². The number of rotatable bonds is 5. The Morgan fingerprint density at radius 3 is 1.45 bits per heavy atom. The molecule has 0 fully saturated rings. The average Bonchev–Trinajstić information content (AvgIpc) is 2.89. The lowest BCUT2D eigenvalue weighted by Crippen LogP contribution is -2.01. The topological polar surface area (TPSA) is 35.6 Å². The van der Waals surface area contributed by atoms with Gasteiger partial charge in [-0.05, 0) is 63.1 Å². The summed E-state index contributed by atoms with van der Waals surface area (Å²) in [5.41, 5.74) is 2.12. The Bertz CT molecular complexity index is 532. The van der Waals surface area contributed by atoms with Gasteiger partial charge in [0.2, 0.25) is 0 Å². The lowest BCUT2D eigenvalue weighted by Gasteiger charge is -2.12. The van der Waals surface area contributed by atoms with Crippen LogP contribution in [0.2, 0.25) is 0 Å². The first-order valence-electron chi connectivity index (χ1n) is 6.84. The molecule has 4 nitrogen and oxygen atoms in total. The number of aromatic nitrogens is 4. The standard InChI is InChI=1S/C14H22N4S2/c1-9(2)17-7-11(5)15-13(17)19-20-14-16-12(6)8-18(14)10(3)4/h7-10H,1-6H3. The molecule has 6 heteroatoms. The maximum absolute atomic E-state index is 4.60. The fourth-order valence-corrected chi connectivity index (χ4v) is 4.32. The Morgan fingerprint density at radius 2 is 1.15 bits per heavy atom. The van der Waals surface area contributed by atoms with E-state index < -0.39 is 0 Å². The minimum absolute atomic E-state index is 0.422. The number of aryl methyl sites for hydroxylation is 2. The van der Waals surface area contributed by atoms with E-state index >= 15 is 0 Å². The first-order chi connectivity index (χ1) is 9.38. The summed E-state index contributed by atoms with van der Waals surface area (Å²) >= 11 is 0. The molecule has 0 atom stereocenters. The van der Waals surface area contributed by atoms with E-state index in [4.69, 9.17) is 0 Å². The molecule has 0 N–H and O–H groups in total. The Morgan fingerprint density at radius 1 is 0.800 bits per heavy atom. The van der Waals surface area contributed by atoms with Gasteiger partial charge in [0.1, 0.15) is 0 Å². The van der Waals surface area contributed by atoms with Crippen molar-refractivity contribution in [2.24, 2.45) is 0 Å². The van der Waals surface area contributed by atoms with Crippen molar-refractivity contribution in [3.8, 4) is 0 Å². The van der Waals surface area contributed by atoms with Crippen LogP contribution in [0, 0.1) is 13.8 Å². The third kappa shape index (κ3) is 3.41. The van der Waals surface area contributed by atoms with E-state index in [2.05, 4.69) is 59.2 Å². The summed E-state index contributed by atoms with van der Waals surface area (Å²) in [6, 6.07) is 0.844. The number of imidazole rings is 2. The maximum Gasteiger partial charge on any atom is 0.179 e. The predicted molar refractivity (Wildman–Crippen MR) is 86.4 cm³/mol. The normalized spacial score (nSPS) is 11.8. The molecule has 0 saturated carbocycles. The van der Waals surface area contributed by atoms with Crippen LogP contribution in [0.3, 0.4) is 0 Å². The Balaban J connectivity index is 2.17. The van der Waals surface area contributed by atoms with E-state index in [1.54, 1.807) is 21.6 Å². The fourth-order valence-electron chi connectivity index (χ4n) is 1.93. The fraction of sp³-hybridized carbons (Fsp3) is 0.571. The monoisotopic (exact) mass is 310 g/mol. The summed E-state index contributed by atoms with van der Waals surface area (Å²) in [5.74, 6) is 0. The van der Waals surface area contributed by atoms with E-state index in [-0.39, 0.29) is 0 Å². The summed E-state index contributed by atoms with van der Waals surface area (Å²) in [6.07, 6.45) is 4.21. The third-order valence-electron chi connectivity index (χ3n) is 2.94. The molecule has 0 spiro atoms. The highest BCUT2D eigenvalue weighted by molar-refractivity contribution is 8.76. The second-order valence-corrected chi connectivity index (χ2v) is 7.56. The maximum atomic E-state index is 4.60. The molecule has 0 saturated heterocycles. The smallest absolute Gasteiger partial charge is 0.179 e. The van der Waals surface area contributed by atoms with Gasteiger partial charge in [-0.1, -0.05) is 0 Å². The van der Waals surface area contributed by atoms with Crippen molar-refractivity contribution in [2.45, 2.75) is 63.9 Å². The molecule has 0 unspecified atom stereocenters. The highest BCUT2D eigenvalue weighted by Crippen LogP contribution is 2.38. The second-order valence-electron chi connectivity index (χ2n) is 5.50. The quantitative estimate of drug-likeness (QED) is 0.753. The Labute approximate surface area is 128 Å². The van der Waals surface area contributed by atoms with Gasteiger partial charge < -0.3 is 9.13 Å². The minimum atomic E-state index is 0.422. The van der Waals surface area contributed by atoms with E-state index in [0.717, 1.165) is 21.7 Å². The van der Waals surface area contributed by atoms with Crippen LogP contribution in [0.15, 0.2) is 22.7 Å². The van der Waals surface area contributed by atoms with Crippen LogP contribution in [0.1, 0.15) is 51.2 Å². The van der Waals surface area contributed by atoms with Crippen molar-refractivity contribution in [1.29, 1.82) is 0 Å². The zero-order chi connectivity index (χ0) is 14.9. The van der Waals surface area contributed by atoms with Gasteiger partial charge >= 0.3 is 0 Å². The Hall–Kier alpha value is -0.880. The van der Waals surface area contributed by atoms with Crippen molar-refractivity contribution < 1.29 is 0 Å². The summed E-state index contributed by atoms with van der Waals surface area (Å²) in [4.78, 5) is 9.19. The zero-order valence-corrected chi connectivity index (χ0v) is 14.5. The van der Waals surface area contributed by atoms with E-state index in [0.29, 0.717) is 12.1 Å². The van der Waals surface area contributed by atoms with Crippen LogP contribution in [0.4, 0.5) is 0 Å². The van der Waals surface area contributed by atoms with Crippen LogP contribution >= 0.6 is 21.6 Å². The van der Waals surface area contributed by atoms with Crippen molar-refractivity contribution >= 4 is 21.6 Å². The predicted octanol–water partition coefficient (Wildman–Crippen LogP) is 4.66. The number of nitrogens with zero attached hydrogens (tertiary/aromatic N) is 4. The first-order valence-corrected chi connectivity index (χ1v) is 8.99.